The highest BCUT2D eigenvalue weighted by molar-refractivity contribution is 5.78. The molecule has 130 valence electrons. The molecule has 0 aromatic rings. The van der Waals surface area contributed by atoms with Crippen LogP contribution in [0.25, 0.3) is 0 Å². The van der Waals surface area contributed by atoms with Crippen molar-refractivity contribution in [3.8, 4) is 0 Å². The summed E-state index contributed by atoms with van der Waals surface area (Å²) in [5.74, 6) is 1.42. The highest BCUT2D eigenvalue weighted by atomic mass is 16.3. The summed E-state index contributed by atoms with van der Waals surface area (Å²) in [6.07, 6.45) is 13.5. The standard InChI is InChI=1S/C18H38N3O/c1-2-3-4-5-6-7-8-9-10-11-18-20(13-12-19)14-15-21(18)16-17-22/h22H,2-17,19H2,1H3/q+1. The predicted molar refractivity (Wildman–Crippen MR) is 94.6 cm³/mol. The third-order valence-electron chi connectivity index (χ3n) is 4.64. The quantitative estimate of drug-likeness (QED) is 0.383. The molecule has 3 N–H and O–H groups in total. The van der Waals surface area contributed by atoms with Gasteiger partial charge >= 0.3 is 0 Å². The molecule has 4 nitrogen and oxygen atoms in total. The number of unbranched alkanes of at least 4 members (excludes halogenated alkanes) is 8. The lowest BCUT2D eigenvalue weighted by atomic mass is 10.1. The number of hydrogen-bond acceptors (Lipinski definition) is 3. The van der Waals surface area contributed by atoms with Gasteiger partial charge in [0.1, 0.15) is 19.6 Å². The number of aliphatic hydroxyl groups is 1. The van der Waals surface area contributed by atoms with Gasteiger partial charge in [-0.2, -0.15) is 0 Å². The molecular weight excluding hydrogens is 274 g/mol. The minimum absolute atomic E-state index is 0.248. The lowest BCUT2D eigenvalue weighted by molar-refractivity contribution is -0.516. The van der Waals surface area contributed by atoms with E-state index >= 15 is 0 Å². The van der Waals surface area contributed by atoms with Crippen molar-refractivity contribution in [1.29, 1.82) is 0 Å². The Hall–Kier alpha value is -0.610. The highest BCUT2D eigenvalue weighted by Gasteiger charge is 2.28. The zero-order valence-corrected chi connectivity index (χ0v) is 14.7. The number of β-amino-alcohol motifs (C(OH)–C–C–N with tert-alkyl or cyclic N) is 1. The summed E-state index contributed by atoms with van der Waals surface area (Å²) in [4.78, 5) is 2.35. The van der Waals surface area contributed by atoms with E-state index < -0.39 is 0 Å². The monoisotopic (exact) mass is 312 g/mol. The summed E-state index contributed by atoms with van der Waals surface area (Å²) < 4.78 is 2.42. The summed E-state index contributed by atoms with van der Waals surface area (Å²) in [6, 6.07) is 0. The average molecular weight is 313 g/mol. The molecule has 0 fully saturated rings. The van der Waals surface area contributed by atoms with Crippen LogP contribution in [0, 0.1) is 0 Å². The third kappa shape index (κ3) is 7.59. The molecule has 0 spiro atoms. The van der Waals surface area contributed by atoms with Crippen molar-refractivity contribution in [3.05, 3.63) is 0 Å². The fourth-order valence-corrected chi connectivity index (χ4v) is 3.37. The maximum absolute atomic E-state index is 9.19. The molecule has 1 heterocycles. The van der Waals surface area contributed by atoms with Crippen molar-refractivity contribution in [2.24, 2.45) is 5.73 Å². The molecule has 0 bridgehead atoms. The molecule has 0 saturated carbocycles. The molecule has 0 aromatic carbocycles. The fraction of sp³-hybridized carbons (Fsp3) is 0.944. The number of nitrogens with two attached hydrogens (primary N) is 1. The van der Waals surface area contributed by atoms with E-state index in [1.807, 2.05) is 0 Å². The Labute approximate surface area is 137 Å². The van der Waals surface area contributed by atoms with Gasteiger partial charge < -0.3 is 10.8 Å². The third-order valence-corrected chi connectivity index (χ3v) is 4.64. The summed E-state index contributed by atoms with van der Waals surface area (Å²) in [5.41, 5.74) is 5.71. The van der Waals surface area contributed by atoms with Gasteiger partial charge in [-0.25, -0.2) is 0 Å². The molecule has 4 heteroatoms. The van der Waals surface area contributed by atoms with Crippen LogP contribution in [0.2, 0.25) is 0 Å². The van der Waals surface area contributed by atoms with E-state index in [-0.39, 0.29) is 6.61 Å². The summed E-state index contributed by atoms with van der Waals surface area (Å²) in [6.45, 7) is 7.08. The largest absolute Gasteiger partial charge is 0.392 e. The molecule has 0 saturated heterocycles. The summed E-state index contributed by atoms with van der Waals surface area (Å²) in [5, 5.41) is 9.19. The maximum atomic E-state index is 9.19. The topological polar surface area (TPSA) is 52.5 Å². The normalized spacial score (nSPS) is 15.1. The van der Waals surface area contributed by atoms with Crippen molar-refractivity contribution < 1.29 is 9.68 Å². The number of rotatable bonds is 14. The molecule has 1 aliphatic heterocycles. The fourth-order valence-electron chi connectivity index (χ4n) is 3.37. The molecule has 22 heavy (non-hydrogen) atoms. The molecule has 1 aliphatic rings. The van der Waals surface area contributed by atoms with Crippen molar-refractivity contribution in [2.75, 3.05) is 39.3 Å². The molecule has 1 rings (SSSR count). The van der Waals surface area contributed by atoms with Crippen LogP contribution in [-0.4, -0.2) is 59.7 Å². The van der Waals surface area contributed by atoms with Gasteiger partial charge in [-0.3, -0.25) is 9.48 Å². The second-order valence-electron chi connectivity index (χ2n) is 6.48. The van der Waals surface area contributed by atoms with Crippen LogP contribution in [0.3, 0.4) is 0 Å². The first-order valence-corrected chi connectivity index (χ1v) is 9.50. The Balaban J connectivity index is 2.16. The van der Waals surface area contributed by atoms with E-state index in [2.05, 4.69) is 16.4 Å². The van der Waals surface area contributed by atoms with Crippen molar-refractivity contribution in [2.45, 2.75) is 71.1 Å². The van der Waals surface area contributed by atoms with E-state index in [4.69, 9.17) is 5.73 Å². The molecule has 0 aliphatic carbocycles. The SMILES string of the molecule is CCCCCCCCCCCC1=[N+](CCN)CCN1CCO. The van der Waals surface area contributed by atoms with Gasteiger partial charge in [-0.15, -0.1) is 0 Å². The van der Waals surface area contributed by atoms with Crippen LogP contribution >= 0.6 is 0 Å². The lowest BCUT2D eigenvalue weighted by Crippen LogP contribution is -2.33. The smallest absolute Gasteiger partial charge is 0.247 e. The first kappa shape index (κ1) is 19.4. The van der Waals surface area contributed by atoms with Gasteiger partial charge in [0, 0.05) is 13.0 Å². The van der Waals surface area contributed by atoms with Crippen molar-refractivity contribution in [1.82, 2.24) is 4.90 Å². The van der Waals surface area contributed by atoms with Crippen LogP contribution in [0.15, 0.2) is 0 Å². The van der Waals surface area contributed by atoms with E-state index in [9.17, 15) is 5.11 Å². The first-order valence-electron chi connectivity index (χ1n) is 9.50. The van der Waals surface area contributed by atoms with Crippen LogP contribution in [0.1, 0.15) is 71.1 Å². The Morgan fingerprint density at radius 1 is 1.05 bits per heavy atom. The van der Waals surface area contributed by atoms with Gasteiger partial charge in [0.15, 0.2) is 0 Å². The summed E-state index contributed by atoms with van der Waals surface area (Å²) >= 11 is 0. The highest BCUT2D eigenvalue weighted by Crippen LogP contribution is 2.13. The number of aliphatic hydroxyl groups excluding tert-OH is 1. The lowest BCUT2D eigenvalue weighted by Gasteiger charge is -2.12. The Bertz CT molecular complexity index is 305. The second-order valence-corrected chi connectivity index (χ2v) is 6.48. The van der Waals surface area contributed by atoms with E-state index in [0.717, 1.165) is 32.6 Å². The van der Waals surface area contributed by atoms with E-state index in [1.54, 1.807) is 0 Å². The van der Waals surface area contributed by atoms with Crippen LogP contribution in [0.5, 0.6) is 0 Å². The van der Waals surface area contributed by atoms with Gasteiger partial charge in [-0.1, -0.05) is 58.3 Å². The molecule has 0 amide bonds. The van der Waals surface area contributed by atoms with Crippen molar-refractivity contribution in [3.63, 3.8) is 0 Å². The van der Waals surface area contributed by atoms with E-state index in [0.29, 0.717) is 6.54 Å². The van der Waals surface area contributed by atoms with Crippen molar-refractivity contribution >= 4 is 5.84 Å². The molecule has 0 atom stereocenters. The zero-order valence-electron chi connectivity index (χ0n) is 14.7. The minimum Gasteiger partial charge on any atom is -0.392 e. The first-order chi connectivity index (χ1) is 10.8. The second kappa shape index (κ2) is 12.9. The van der Waals surface area contributed by atoms with Crippen LogP contribution < -0.4 is 5.73 Å². The Morgan fingerprint density at radius 3 is 2.27 bits per heavy atom. The maximum Gasteiger partial charge on any atom is 0.247 e. The molecular formula is C18H38N3O+. The van der Waals surface area contributed by atoms with Crippen LogP contribution in [0.4, 0.5) is 0 Å². The number of amidine groups is 1. The van der Waals surface area contributed by atoms with Gasteiger partial charge in [0.2, 0.25) is 5.84 Å². The van der Waals surface area contributed by atoms with E-state index in [1.165, 1.54) is 63.6 Å². The van der Waals surface area contributed by atoms with Gasteiger partial charge in [0.25, 0.3) is 0 Å². The molecule has 0 aromatic heterocycles. The van der Waals surface area contributed by atoms with Crippen LogP contribution in [-0.2, 0) is 0 Å². The van der Waals surface area contributed by atoms with Gasteiger partial charge in [0.05, 0.1) is 13.2 Å². The molecule has 0 unspecified atom stereocenters. The number of nitrogens with zero attached hydrogens (tertiary/aromatic N) is 2. The average Bonchev–Trinajstić information content (AvgIpc) is 2.89. The summed E-state index contributed by atoms with van der Waals surface area (Å²) in [7, 11) is 0. The molecule has 0 radical (unpaired) electrons. The Kier molecular flexibility index (Phi) is 11.4. The zero-order chi connectivity index (χ0) is 16.0. The minimum atomic E-state index is 0.248. The number of hydrogen-bond donors (Lipinski definition) is 2. The van der Waals surface area contributed by atoms with Gasteiger partial charge in [-0.05, 0) is 6.42 Å². The Morgan fingerprint density at radius 2 is 1.68 bits per heavy atom. The predicted octanol–water partition coefficient (Wildman–Crippen LogP) is 2.58.